The molecule has 4 atom stereocenters. The van der Waals surface area contributed by atoms with Crippen molar-refractivity contribution in [1.82, 2.24) is 0 Å². The van der Waals surface area contributed by atoms with Gasteiger partial charge in [0.15, 0.2) is 9.84 Å². The van der Waals surface area contributed by atoms with Gasteiger partial charge in [-0.1, -0.05) is 13.3 Å². The van der Waals surface area contributed by atoms with Crippen molar-refractivity contribution >= 4 is 9.84 Å². The summed E-state index contributed by atoms with van der Waals surface area (Å²) in [6, 6.07) is 0. The third-order valence-electron chi connectivity index (χ3n) is 3.75. The molecule has 4 heteroatoms. The standard InChI is InChI=1S/C10H18O3S/c1-2-3-7-6-8-9(11)4-5-10(8)14(7,12)13/h7-11H,2-6H2,1H3/t7-,8?,9+,10?/m0/s1. The predicted octanol–water partition coefficient (Wildman–Crippen LogP) is 1.11. The van der Waals surface area contributed by atoms with E-state index in [0.29, 0.717) is 19.3 Å². The van der Waals surface area contributed by atoms with E-state index in [1.165, 1.54) is 0 Å². The number of hydrogen-bond donors (Lipinski definition) is 1. The molecule has 0 amide bonds. The highest BCUT2D eigenvalue weighted by Crippen LogP contribution is 2.44. The van der Waals surface area contributed by atoms with Crippen molar-refractivity contribution in [2.75, 3.05) is 0 Å². The van der Waals surface area contributed by atoms with Gasteiger partial charge in [0.05, 0.1) is 16.6 Å². The molecule has 3 nitrogen and oxygen atoms in total. The van der Waals surface area contributed by atoms with Crippen LogP contribution in [0.3, 0.4) is 0 Å². The zero-order valence-electron chi connectivity index (χ0n) is 8.52. The lowest BCUT2D eigenvalue weighted by molar-refractivity contribution is 0.132. The Kier molecular flexibility index (Phi) is 2.60. The lowest BCUT2D eigenvalue weighted by Gasteiger charge is -2.10. The summed E-state index contributed by atoms with van der Waals surface area (Å²) in [5.74, 6) is 0.0385. The Morgan fingerprint density at radius 3 is 2.64 bits per heavy atom. The van der Waals surface area contributed by atoms with Gasteiger partial charge in [-0.3, -0.25) is 0 Å². The van der Waals surface area contributed by atoms with Gasteiger partial charge in [-0.05, 0) is 25.7 Å². The van der Waals surface area contributed by atoms with E-state index in [4.69, 9.17) is 0 Å². The molecular formula is C10H18O3S. The Labute approximate surface area is 85.4 Å². The molecule has 2 aliphatic rings. The maximum atomic E-state index is 12.0. The van der Waals surface area contributed by atoms with E-state index in [1.807, 2.05) is 6.92 Å². The Morgan fingerprint density at radius 2 is 2.07 bits per heavy atom. The quantitative estimate of drug-likeness (QED) is 0.755. The van der Waals surface area contributed by atoms with Crippen molar-refractivity contribution < 1.29 is 13.5 Å². The highest BCUT2D eigenvalue weighted by atomic mass is 32.2. The Morgan fingerprint density at radius 1 is 1.36 bits per heavy atom. The minimum Gasteiger partial charge on any atom is -0.393 e. The molecule has 1 heterocycles. The molecule has 0 spiro atoms. The molecule has 1 saturated heterocycles. The second kappa shape index (κ2) is 3.49. The number of hydrogen-bond acceptors (Lipinski definition) is 3. The molecule has 14 heavy (non-hydrogen) atoms. The van der Waals surface area contributed by atoms with Crippen LogP contribution in [0.4, 0.5) is 0 Å². The van der Waals surface area contributed by atoms with Crippen LogP contribution in [0.5, 0.6) is 0 Å². The van der Waals surface area contributed by atoms with Crippen LogP contribution in [-0.4, -0.2) is 30.1 Å². The number of aliphatic hydroxyl groups excluding tert-OH is 1. The first kappa shape index (κ1) is 10.4. The van der Waals surface area contributed by atoms with Crippen LogP contribution < -0.4 is 0 Å². The second-order valence-electron chi connectivity index (χ2n) is 4.58. The van der Waals surface area contributed by atoms with Crippen LogP contribution in [0.1, 0.15) is 39.0 Å². The van der Waals surface area contributed by atoms with Crippen LogP contribution in [0.25, 0.3) is 0 Å². The first-order valence-corrected chi connectivity index (χ1v) is 7.09. The molecular weight excluding hydrogens is 200 g/mol. The van der Waals surface area contributed by atoms with E-state index < -0.39 is 9.84 Å². The predicted molar refractivity (Wildman–Crippen MR) is 54.8 cm³/mol. The van der Waals surface area contributed by atoms with Gasteiger partial charge < -0.3 is 5.11 Å². The number of fused-ring (bicyclic) bond motifs is 1. The number of rotatable bonds is 2. The lowest BCUT2D eigenvalue weighted by Crippen LogP contribution is -2.23. The summed E-state index contributed by atoms with van der Waals surface area (Å²) in [6.45, 7) is 2.01. The van der Waals surface area contributed by atoms with Gasteiger partial charge in [0, 0.05) is 5.92 Å². The van der Waals surface area contributed by atoms with Gasteiger partial charge in [-0.25, -0.2) is 8.42 Å². The van der Waals surface area contributed by atoms with Gasteiger partial charge >= 0.3 is 0 Å². The minimum absolute atomic E-state index is 0.0385. The van der Waals surface area contributed by atoms with E-state index in [9.17, 15) is 13.5 Å². The zero-order chi connectivity index (χ0) is 10.3. The maximum absolute atomic E-state index is 12.0. The Bertz CT molecular complexity index is 309. The zero-order valence-corrected chi connectivity index (χ0v) is 9.33. The summed E-state index contributed by atoms with van der Waals surface area (Å²) in [5, 5.41) is 9.26. The third-order valence-corrected chi connectivity index (χ3v) is 6.54. The first-order chi connectivity index (χ1) is 6.57. The normalized spacial score (nSPS) is 45.3. The smallest absolute Gasteiger partial charge is 0.156 e. The summed E-state index contributed by atoms with van der Waals surface area (Å²) in [4.78, 5) is 0. The molecule has 0 radical (unpaired) electrons. The second-order valence-corrected chi connectivity index (χ2v) is 7.03. The average molecular weight is 218 g/mol. The molecule has 1 aliphatic carbocycles. The molecule has 2 fully saturated rings. The minimum atomic E-state index is -2.92. The monoisotopic (exact) mass is 218 g/mol. The van der Waals surface area contributed by atoms with Crippen molar-refractivity contribution in [3.8, 4) is 0 Å². The fourth-order valence-corrected chi connectivity index (χ4v) is 5.81. The van der Waals surface area contributed by atoms with Gasteiger partial charge in [0.1, 0.15) is 0 Å². The van der Waals surface area contributed by atoms with Crippen molar-refractivity contribution in [3.63, 3.8) is 0 Å². The fourth-order valence-electron chi connectivity index (χ4n) is 3.02. The van der Waals surface area contributed by atoms with Gasteiger partial charge in [0.25, 0.3) is 0 Å². The van der Waals surface area contributed by atoms with Crippen LogP contribution in [0.2, 0.25) is 0 Å². The lowest BCUT2D eigenvalue weighted by atomic mass is 9.98. The third kappa shape index (κ3) is 1.39. The van der Waals surface area contributed by atoms with Gasteiger partial charge in [-0.15, -0.1) is 0 Å². The molecule has 2 unspecified atom stereocenters. The molecule has 0 aromatic heterocycles. The molecule has 82 valence electrons. The number of sulfone groups is 1. The summed E-state index contributed by atoms with van der Waals surface area (Å²) < 4.78 is 24.0. The van der Waals surface area contributed by atoms with E-state index in [1.54, 1.807) is 0 Å². The van der Waals surface area contributed by atoms with Gasteiger partial charge in [0.2, 0.25) is 0 Å². The van der Waals surface area contributed by atoms with Gasteiger partial charge in [-0.2, -0.15) is 0 Å². The SMILES string of the molecule is CCC[C@H]1CC2C(CC[C@H]2O)S1(=O)=O. The summed E-state index contributed by atoms with van der Waals surface area (Å²) in [7, 11) is -2.92. The topological polar surface area (TPSA) is 54.4 Å². The Hall–Kier alpha value is -0.0900. The van der Waals surface area contributed by atoms with E-state index in [0.717, 1.165) is 12.8 Å². The highest BCUT2D eigenvalue weighted by Gasteiger charge is 2.52. The molecule has 0 bridgehead atoms. The molecule has 0 aromatic rings. The van der Waals surface area contributed by atoms with E-state index in [-0.39, 0.29) is 22.5 Å². The molecule has 2 rings (SSSR count). The van der Waals surface area contributed by atoms with E-state index >= 15 is 0 Å². The summed E-state index contributed by atoms with van der Waals surface area (Å²) in [5.41, 5.74) is 0. The van der Waals surface area contributed by atoms with Crippen molar-refractivity contribution in [2.24, 2.45) is 5.92 Å². The summed E-state index contributed by atoms with van der Waals surface area (Å²) in [6.07, 6.45) is 3.36. The highest BCUT2D eigenvalue weighted by molar-refractivity contribution is 7.92. The van der Waals surface area contributed by atoms with Crippen LogP contribution >= 0.6 is 0 Å². The average Bonchev–Trinajstić information content (AvgIpc) is 2.57. The fraction of sp³-hybridized carbons (Fsp3) is 1.00. The molecule has 1 saturated carbocycles. The first-order valence-electron chi connectivity index (χ1n) is 5.48. The number of aliphatic hydroxyl groups is 1. The van der Waals surface area contributed by atoms with Crippen molar-refractivity contribution in [1.29, 1.82) is 0 Å². The molecule has 1 aliphatic heterocycles. The van der Waals surface area contributed by atoms with Crippen LogP contribution in [0.15, 0.2) is 0 Å². The summed E-state index contributed by atoms with van der Waals surface area (Å²) >= 11 is 0. The maximum Gasteiger partial charge on any atom is 0.156 e. The van der Waals surface area contributed by atoms with Crippen LogP contribution in [-0.2, 0) is 9.84 Å². The Balaban J connectivity index is 2.21. The molecule has 0 aromatic carbocycles. The van der Waals surface area contributed by atoms with Crippen molar-refractivity contribution in [3.05, 3.63) is 0 Å². The van der Waals surface area contributed by atoms with E-state index in [2.05, 4.69) is 0 Å². The van der Waals surface area contributed by atoms with Crippen molar-refractivity contribution in [2.45, 2.75) is 55.6 Å². The largest absolute Gasteiger partial charge is 0.393 e. The van der Waals surface area contributed by atoms with Crippen LogP contribution in [0, 0.1) is 5.92 Å². The molecule has 1 N–H and O–H groups in total.